The van der Waals surface area contributed by atoms with Crippen molar-refractivity contribution in [3.8, 4) is 0 Å². The highest BCUT2D eigenvalue weighted by Crippen LogP contribution is 2.14. The molecular weight excluding hydrogens is 665 g/mol. The van der Waals surface area contributed by atoms with E-state index in [2.05, 4.69) is 0 Å². The van der Waals surface area contributed by atoms with Gasteiger partial charge in [-0.2, -0.15) is 0 Å². The Kier molecular flexibility index (Phi) is 13.6. The molecule has 0 unspecified atom stereocenters. The zero-order chi connectivity index (χ0) is 37.2. The van der Waals surface area contributed by atoms with Crippen molar-refractivity contribution in [1.29, 1.82) is 0 Å². The molecule has 6 aromatic carbocycles. The van der Waals surface area contributed by atoms with Gasteiger partial charge in [0.25, 0.3) is 0 Å². The molecule has 0 amide bonds. The van der Waals surface area contributed by atoms with Crippen molar-refractivity contribution in [2.45, 2.75) is 12.8 Å². The van der Waals surface area contributed by atoms with E-state index in [9.17, 15) is 9.59 Å². The molecule has 0 atom stereocenters. The summed E-state index contributed by atoms with van der Waals surface area (Å²) in [6.07, 6.45) is 1.28. The molecule has 6 rings (SSSR count). The van der Waals surface area contributed by atoms with Gasteiger partial charge in [-0.1, -0.05) is 182 Å². The number of benzene rings is 6. The maximum Gasteiger partial charge on any atom is 0.211 e. The molecule has 0 N–H and O–H groups in total. The lowest BCUT2D eigenvalue weighted by atomic mass is 9.99. The molecule has 0 aliphatic heterocycles. The number of aliphatic imine (C=N–C) groups is 4. The van der Waals surface area contributed by atoms with Crippen LogP contribution in [0.25, 0.3) is 0 Å². The van der Waals surface area contributed by atoms with Gasteiger partial charge in [0.05, 0.1) is 11.4 Å². The lowest BCUT2D eigenvalue weighted by Crippen LogP contribution is -2.19. The van der Waals surface area contributed by atoms with E-state index >= 15 is 0 Å². The van der Waals surface area contributed by atoms with Crippen molar-refractivity contribution in [1.82, 2.24) is 0 Å². The first-order valence-corrected chi connectivity index (χ1v) is 18.3. The summed E-state index contributed by atoms with van der Waals surface area (Å²) in [5.74, 6) is -0.197. The monoisotopic (exact) mass is 706 g/mol. The van der Waals surface area contributed by atoms with Crippen LogP contribution >= 0.6 is 0 Å². The van der Waals surface area contributed by atoms with Crippen LogP contribution in [-0.2, 0) is 0 Å². The smallest absolute Gasteiger partial charge is 0.211 e. The van der Waals surface area contributed by atoms with E-state index < -0.39 is 0 Å². The van der Waals surface area contributed by atoms with Crippen LogP contribution in [0.3, 0.4) is 0 Å². The molecule has 0 heterocycles. The first-order valence-electron chi connectivity index (χ1n) is 18.3. The predicted octanol–water partition coefficient (Wildman–Crippen LogP) is 9.49. The third-order valence-electron chi connectivity index (χ3n) is 8.63. The molecule has 0 aromatic heterocycles. The maximum absolute atomic E-state index is 13.5. The molecule has 0 fully saturated rings. The molecule has 0 aliphatic rings. The van der Waals surface area contributed by atoms with Gasteiger partial charge in [0.1, 0.15) is 11.4 Å². The molecule has 0 saturated heterocycles. The highest BCUT2D eigenvalue weighted by Gasteiger charge is 2.18. The number of hydrogen-bond acceptors (Lipinski definition) is 6. The van der Waals surface area contributed by atoms with Crippen LogP contribution in [0.4, 0.5) is 0 Å². The fourth-order valence-electron chi connectivity index (χ4n) is 5.94. The molecule has 0 saturated carbocycles. The summed E-state index contributed by atoms with van der Waals surface area (Å²) in [6.45, 7) is 1.87. The highest BCUT2D eigenvalue weighted by molar-refractivity contribution is 6.54. The Balaban J connectivity index is 1.23. The largest absolute Gasteiger partial charge is 0.287 e. The van der Waals surface area contributed by atoms with Crippen LogP contribution in [0.1, 0.15) is 55.8 Å². The second kappa shape index (κ2) is 19.8. The van der Waals surface area contributed by atoms with E-state index in [-0.39, 0.29) is 11.6 Å². The normalized spacial score (nSPS) is 12.4. The van der Waals surface area contributed by atoms with Gasteiger partial charge in [-0.3, -0.25) is 29.6 Å². The summed E-state index contributed by atoms with van der Waals surface area (Å²) in [5, 5.41) is 0. The van der Waals surface area contributed by atoms with Gasteiger partial charge < -0.3 is 0 Å². The van der Waals surface area contributed by atoms with Gasteiger partial charge in [0.2, 0.25) is 11.6 Å². The molecule has 0 bridgehead atoms. The molecule has 54 heavy (non-hydrogen) atoms. The quantitative estimate of drug-likeness (QED) is 0.0538. The first-order chi connectivity index (χ1) is 26.7. The topological polar surface area (TPSA) is 83.6 Å². The Labute approximate surface area is 317 Å². The zero-order valence-corrected chi connectivity index (χ0v) is 30.2. The summed E-state index contributed by atoms with van der Waals surface area (Å²) in [5.41, 5.74) is 7.22. The van der Waals surface area contributed by atoms with Crippen molar-refractivity contribution in [3.63, 3.8) is 0 Å². The van der Waals surface area contributed by atoms with Crippen LogP contribution in [0, 0.1) is 0 Å². The third kappa shape index (κ3) is 10.2. The average molecular weight is 707 g/mol. The van der Waals surface area contributed by atoms with Gasteiger partial charge in [-0.25, -0.2) is 0 Å². The third-order valence-corrected chi connectivity index (χ3v) is 8.63. The summed E-state index contributed by atoms with van der Waals surface area (Å²) in [7, 11) is 0. The van der Waals surface area contributed by atoms with Crippen molar-refractivity contribution in [2.75, 3.05) is 26.2 Å². The van der Waals surface area contributed by atoms with Gasteiger partial charge in [-0.05, 0) is 12.8 Å². The molecule has 6 aromatic rings. The maximum atomic E-state index is 13.5. The zero-order valence-electron chi connectivity index (χ0n) is 30.2. The standard InChI is InChI=1S/C48H42N4O2/c53-47(41-29-15-5-16-30-41)45(39-25-11-3-12-26-39)51-35-19-33-49-43(37-21-7-1-8-22-37)44(38-23-9-2-10-24-38)50-34-20-36-52-46(40-27-13-4-14-28-40)48(54)42-31-17-6-18-32-42/h1-18,21-32H,19-20,33-36H2. The van der Waals surface area contributed by atoms with Crippen LogP contribution in [-0.4, -0.2) is 60.6 Å². The van der Waals surface area contributed by atoms with E-state index in [0.717, 1.165) is 33.7 Å². The van der Waals surface area contributed by atoms with Crippen LogP contribution in [0.5, 0.6) is 0 Å². The van der Waals surface area contributed by atoms with Crippen molar-refractivity contribution in [3.05, 3.63) is 215 Å². The summed E-state index contributed by atoms with van der Waals surface area (Å²) < 4.78 is 0. The van der Waals surface area contributed by atoms with E-state index in [1.807, 2.05) is 182 Å². The van der Waals surface area contributed by atoms with Crippen molar-refractivity contribution in [2.24, 2.45) is 20.0 Å². The van der Waals surface area contributed by atoms with Gasteiger partial charge >= 0.3 is 0 Å². The number of rotatable bonds is 17. The number of carbonyl (C=O) groups is 2. The van der Waals surface area contributed by atoms with E-state index in [0.29, 0.717) is 61.6 Å². The van der Waals surface area contributed by atoms with E-state index in [1.165, 1.54) is 0 Å². The number of ketones is 2. The lowest BCUT2D eigenvalue weighted by Gasteiger charge is -2.12. The Morgan fingerprint density at radius 2 is 0.481 bits per heavy atom. The number of nitrogens with zero attached hydrogens (tertiary/aromatic N) is 4. The lowest BCUT2D eigenvalue weighted by molar-refractivity contribution is 0.105. The average Bonchev–Trinajstić information content (AvgIpc) is 3.25. The minimum atomic E-state index is -0.0987. The minimum absolute atomic E-state index is 0.0987. The van der Waals surface area contributed by atoms with Crippen LogP contribution in [0.15, 0.2) is 202 Å². The van der Waals surface area contributed by atoms with Crippen LogP contribution in [0.2, 0.25) is 0 Å². The van der Waals surface area contributed by atoms with E-state index in [4.69, 9.17) is 20.0 Å². The molecule has 0 spiro atoms. The van der Waals surface area contributed by atoms with Gasteiger partial charge in [0, 0.05) is 59.6 Å². The first kappa shape index (κ1) is 37.1. The Morgan fingerprint density at radius 1 is 0.278 bits per heavy atom. The summed E-state index contributed by atoms with van der Waals surface area (Å²) >= 11 is 0. The summed E-state index contributed by atoms with van der Waals surface area (Å²) in [4.78, 5) is 46.9. The molecule has 6 heteroatoms. The van der Waals surface area contributed by atoms with Crippen molar-refractivity contribution >= 4 is 34.4 Å². The van der Waals surface area contributed by atoms with Crippen molar-refractivity contribution < 1.29 is 9.59 Å². The molecule has 0 radical (unpaired) electrons. The molecular formula is C48H42N4O2. The number of Topliss-reactive ketones (excluding diaryl/α,β-unsaturated/α-hetero) is 2. The number of carbonyl (C=O) groups excluding carboxylic acids is 2. The fourth-order valence-corrected chi connectivity index (χ4v) is 5.94. The second-order valence-electron chi connectivity index (χ2n) is 12.5. The fraction of sp³-hybridized carbons (Fsp3) is 0.125. The predicted molar refractivity (Wildman–Crippen MR) is 222 cm³/mol. The van der Waals surface area contributed by atoms with E-state index in [1.54, 1.807) is 0 Å². The van der Waals surface area contributed by atoms with Crippen LogP contribution < -0.4 is 0 Å². The Morgan fingerprint density at radius 3 is 0.741 bits per heavy atom. The minimum Gasteiger partial charge on any atom is -0.287 e. The Bertz CT molecular complexity index is 2050. The molecule has 266 valence electrons. The second-order valence-corrected chi connectivity index (χ2v) is 12.5. The molecule has 6 nitrogen and oxygen atoms in total. The highest BCUT2D eigenvalue weighted by atomic mass is 16.1. The van der Waals surface area contributed by atoms with Gasteiger partial charge in [-0.15, -0.1) is 0 Å². The SMILES string of the molecule is O=C(C(=NCCCN=C(C(=NCCCN=C(C(=O)c1ccccc1)c1ccccc1)c1ccccc1)c1ccccc1)c1ccccc1)c1ccccc1. The summed E-state index contributed by atoms with van der Waals surface area (Å²) in [6, 6.07) is 57.9. The van der Waals surface area contributed by atoms with Gasteiger partial charge in [0.15, 0.2) is 0 Å². The Hall–Kier alpha value is -6.66. The number of hydrogen-bond donors (Lipinski definition) is 0. The molecule has 0 aliphatic carbocycles.